The molecule has 2 aromatic heterocycles. The van der Waals surface area contributed by atoms with Crippen LogP contribution in [0.2, 0.25) is 0 Å². The Morgan fingerprint density at radius 3 is 2.69 bits per heavy atom. The zero-order chi connectivity index (χ0) is 20.2. The summed E-state index contributed by atoms with van der Waals surface area (Å²) in [5.41, 5.74) is 3.04. The Bertz CT molecular complexity index is 958. The molecule has 1 aliphatic rings. The van der Waals surface area contributed by atoms with Crippen molar-refractivity contribution >= 4 is 17.3 Å². The van der Waals surface area contributed by atoms with Crippen molar-refractivity contribution in [1.82, 2.24) is 19.8 Å². The molecule has 4 rings (SSSR count). The highest BCUT2D eigenvalue weighted by atomic mass is 32.1. The number of pyridine rings is 1. The Morgan fingerprint density at radius 1 is 1.14 bits per heavy atom. The summed E-state index contributed by atoms with van der Waals surface area (Å²) < 4.78 is 7.38. The van der Waals surface area contributed by atoms with E-state index >= 15 is 0 Å². The molecule has 1 saturated heterocycles. The minimum Gasteiger partial charge on any atom is -0.508 e. The Morgan fingerprint density at radius 2 is 1.97 bits per heavy atom. The summed E-state index contributed by atoms with van der Waals surface area (Å²) in [7, 11) is 1.71. The second kappa shape index (κ2) is 8.63. The lowest BCUT2D eigenvalue weighted by Crippen LogP contribution is -2.32. The number of aromatic nitrogens is 2. The molecule has 1 fully saturated rings. The number of methoxy groups -OCH3 is 1. The Kier molecular flexibility index (Phi) is 5.78. The molecule has 3 heterocycles. The van der Waals surface area contributed by atoms with E-state index in [0.717, 1.165) is 35.2 Å². The highest BCUT2D eigenvalue weighted by Gasteiger charge is 2.40. The summed E-state index contributed by atoms with van der Waals surface area (Å²) in [6.07, 6.45) is 4.72. The molecular formula is C22H24N4O2S. The van der Waals surface area contributed by atoms with Crippen molar-refractivity contribution < 1.29 is 9.84 Å². The van der Waals surface area contributed by atoms with Crippen molar-refractivity contribution in [2.45, 2.75) is 18.5 Å². The second-order valence-electron chi connectivity index (χ2n) is 6.99. The number of nitrogens with zero attached hydrogens (tertiary/aromatic N) is 3. The molecule has 0 radical (unpaired) electrons. The topological polar surface area (TPSA) is 62.5 Å². The van der Waals surface area contributed by atoms with Crippen LogP contribution in [-0.2, 0) is 4.74 Å². The molecular weight excluding hydrogens is 384 g/mol. The molecule has 3 aromatic rings. The van der Waals surface area contributed by atoms with Crippen molar-refractivity contribution in [2.24, 2.45) is 0 Å². The van der Waals surface area contributed by atoms with Gasteiger partial charge in [-0.1, -0.05) is 6.07 Å². The monoisotopic (exact) mass is 408 g/mol. The Hall–Kier alpha value is -2.90. The summed E-state index contributed by atoms with van der Waals surface area (Å²) in [4.78, 5) is 6.81. The van der Waals surface area contributed by atoms with Crippen LogP contribution in [0.3, 0.4) is 0 Å². The van der Waals surface area contributed by atoms with E-state index < -0.39 is 0 Å². The van der Waals surface area contributed by atoms with Crippen LogP contribution >= 0.6 is 12.2 Å². The predicted molar refractivity (Wildman–Crippen MR) is 116 cm³/mol. The molecule has 7 heteroatoms. The molecule has 0 amide bonds. The van der Waals surface area contributed by atoms with Crippen LogP contribution in [0.15, 0.2) is 67.0 Å². The molecule has 1 aromatic carbocycles. The summed E-state index contributed by atoms with van der Waals surface area (Å²) in [6, 6.07) is 17.2. The molecule has 2 atom stereocenters. The maximum atomic E-state index is 9.66. The van der Waals surface area contributed by atoms with E-state index in [0.29, 0.717) is 6.61 Å². The van der Waals surface area contributed by atoms with Gasteiger partial charge in [0.25, 0.3) is 0 Å². The minimum atomic E-state index is -0.0583. The van der Waals surface area contributed by atoms with Gasteiger partial charge < -0.3 is 24.6 Å². The summed E-state index contributed by atoms with van der Waals surface area (Å²) in [6.45, 7) is 1.47. The molecule has 29 heavy (non-hydrogen) atoms. The van der Waals surface area contributed by atoms with Crippen molar-refractivity contribution in [3.05, 3.63) is 78.4 Å². The normalized spacial score (nSPS) is 18.8. The smallest absolute Gasteiger partial charge is 0.170 e. The number of nitrogens with one attached hydrogen (secondary N) is 1. The fraction of sp³-hybridized carbons (Fsp3) is 0.273. The van der Waals surface area contributed by atoms with Crippen LogP contribution in [0.25, 0.3) is 5.69 Å². The van der Waals surface area contributed by atoms with Crippen molar-refractivity contribution in [2.75, 3.05) is 20.3 Å². The highest BCUT2D eigenvalue weighted by Crippen LogP contribution is 2.39. The van der Waals surface area contributed by atoms with Gasteiger partial charge in [0, 0.05) is 44.0 Å². The van der Waals surface area contributed by atoms with Gasteiger partial charge >= 0.3 is 0 Å². The van der Waals surface area contributed by atoms with E-state index in [-0.39, 0.29) is 17.8 Å². The van der Waals surface area contributed by atoms with Gasteiger partial charge in [-0.3, -0.25) is 4.98 Å². The Balaban J connectivity index is 1.75. The van der Waals surface area contributed by atoms with Crippen LogP contribution in [-0.4, -0.2) is 44.9 Å². The molecule has 0 aliphatic carbocycles. The molecule has 0 bridgehead atoms. The third-order valence-corrected chi connectivity index (χ3v) is 5.51. The van der Waals surface area contributed by atoms with Gasteiger partial charge in [0.05, 0.1) is 17.8 Å². The lowest BCUT2D eigenvalue weighted by Gasteiger charge is -2.29. The molecule has 1 aliphatic heterocycles. The molecule has 0 unspecified atom stereocenters. The average molecular weight is 409 g/mol. The minimum absolute atomic E-state index is 0.0157. The first-order valence-corrected chi connectivity index (χ1v) is 10.0. The molecule has 2 N–H and O–H groups in total. The number of hydrogen-bond acceptors (Lipinski definition) is 4. The van der Waals surface area contributed by atoms with E-state index in [2.05, 4.69) is 25.8 Å². The van der Waals surface area contributed by atoms with Crippen molar-refractivity contribution in [1.29, 1.82) is 0 Å². The number of benzene rings is 1. The van der Waals surface area contributed by atoms with Gasteiger partial charge in [-0.15, -0.1) is 0 Å². The summed E-state index contributed by atoms with van der Waals surface area (Å²) in [5, 5.41) is 13.9. The first-order chi connectivity index (χ1) is 14.2. The molecule has 0 spiro atoms. The third-order valence-electron chi connectivity index (χ3n) is 5.16. The van der Waals surface area contributed by atoms with Gasteiger partial charge in [0.15, 0.2) is 5.11 Å². The van der Waals surface area contributed by atoms with Gasteiger partial charge in [-0.05, 0) is 67.2 Å². The van der Waals surface area contributed by atoms with E-state index in [4.69, 9.17) is 17.0 Å². The largest absolute Gasteiger partial charge is 0.508 e. The van der Waals surface area contributed by atoms with Crippen molar-refractivity contribution in [3.8, 4) is 11.4 Å². The third kappa shape index (κ3) is 3.97. The van der Waals surface area contributed by atoms with Crippen LogP contribution in [0, 0.1) is 0 Å². The number of phenols is 1. The quantitative estimate of drug-likeness (QED) is 0.460. The number of hydrogen-bond donors (Lipinski definition) is 2. The standard InChI is InChI=1S/C22H24N4O2S/c1-28-15-5-14-26-21(20(24-22(26)29)18-6-2-3-12-23-18)19-7-4-13-25(19)16-8-10-17(27)11-9-16/h2-4,6-13,20-21,27H,5,14-15H2,1H3,(H,24,29)/t20-,21+/m0/s1. The number of rotatable bonds is 7. The lowest BCUT2D eigenvalue weighted by atomic mass is 10.0. The number of thiocarbonyl (C=S) groups is 1. The zero-order valence-corrected chi connectivity index (χ0v) is 17.0. The highest BCUT2D eigenvalue weighted by molar-refractivity contribution is 7.80. The number of ether oxygens (including phenoxy) is 1. The summed E-state index contributed by atoms with van der Waals surface area (Å²) in [5.74, 6) is 0.249. The van der Waals surface area contributed by atoms with E-state index in [9.17, 15) is 5.11 Å². The first kappa shape index (κ1) is 19.4. The molecule has 6 nitrogen and oxygen atoms in total. The Labute approximate surface area is 175 Å². The van der Waals surface area contributed by atoms with Gasteiger partial charge in [-0.25, -0.2) is 0 Å². The van der Waals surface area contributed by atoms with Crippen LogP contribution in [0.5, 0.6) is 5.75 Å². The van der Waals surface area contributed by atoms with Gasteiger partial charge in [-0.2, -0.15) is 0 Å². The zero-order valence-electron chi connectivity index (χ0n) is 16.2. The first-order valence-electron chi connectivity index (χ1n) is 9.62. The summed E-state index contributed by atoms with van der Waals surface area (Å²) >= 11 is 5.70. The maximum Gasteiger partial charge on any atom is 0.170 e. The second-order valence-corrected chi connectivity index (χ2v) is 7.37. The van der Waals surface area contributed by atoms with Crippen molar-refractivity contribution in [3.63, 3.8) is 0 Å². The van der Waals surface area contributed by atoms with E-state index in [1.165, 1.54) is 0 Å². The molecule has 0 saturated carbocycles. The fourth-order valence-corrected chi connectivity index (χ4v) is 4.16. The lowest BCUT2D eigenvalue weighted by molar-refractivity contribution is 0.180. The fourth-order valence-electron chi connectivity index (χ4n) is 3.83. The SMILES string of the molecule is COCCCN1C(=S)N[C@@H](c2ccccn2)[C@H]1c1cccn1-c1ccc(O)cc1. The van der Waals surface area contributed by atoms with E-state index in [1.54, 1.807) is 19.2 Å². The number of aromatic hydroxyl groups is 1. The predicted octanol–water partition coefficient (Wildman–Crippen LogP) is 3.59. The maximum absolute atomic E-state index is 9.66. The van der Waals surface area contributed by atoms with Crippen LogP contribution < -0.4 is 5.32 Å². The number of phenolic OH excluding ortho intramolecular Hbond substituents is 1. The van der Waals surface area contributed by atoms with Crippen LogP contribution in [0.4, 0.5) is 0 Å². The van der Waals surface area contributed by atoms with Gasteiger partial charge in [0.2, 0.25) is 0 Å². The average Bonchev–Trinajstić information content (AvgIpc) is 3.34. The van der Waals surface area contributed by atoms with Crippen LogP contribution in [0.1, 0.15) is 29.9 Å². The molecule has 150 valence electrons. The van der Waals surface area contributed by atoms with E-state index in [1.807, 2.05) is 48.8 Å². The van der Waals surface area contributed by atoms with Gasteiger partial charge in [0.1, 0.15) is 5.75 Å².